The third-order valence-corrected chi connectivity index (χ3v) is 3.06. The van der Waals surface area contributed by atoms with Crippen molar-refractivity contribution < 1.29 is 0 Å². The van der Waals surface area contributed by atoms with Crippen LogP contribution < -0.4 is 10.6 Å². The first-order valence-electron chi connectivity index (χ1n) is 6.10. The van der Waals surface area contributed by atoms with Gasteiger partial charge in [-0.2, -0.15) is 0 Å². The van der Waals surface area contributed by atoms with E-state index in [1.165, 1.54) is 5.56 Å². The molecule has 0 amide bonds. The molecule has 0 bridgehead atoms. The van der Waals surface area contributed by atoms with Gasteiger partial charge in [-0.1, -0.05) is 6.07 Å². The fourth-order valence-corrected chi connectivity index (χ4v) is 2.11. The molecule has 18 heavy (non-hydrogen) atoms. The molecule has 3 rings (SSSR count). The molecule has 0 aromatic carbocycles. The van der Waals surface area contributed by atoms with Crippen LogP contribution in [0.4, 0.5) is 5.82 Å². The van der Waals surface area contributed by atoms with Crippen molar-refractivity contribution in [2.75, 3.05) is 11.9 Å². The third kappa shape index (κ3) is 2.31. The van der Waals surface area contributed by atoms with Crippen LogP contribution in [0.3, 0.4) is 0 Å². The summed E-state index contributed by atoms with van der Waals surface area (Å²) in [7, 11) is 0. The van der Waals surface area contributed by atoms with Gasteiger partial charge in [0.2, 0.25) is 0 Å². The third-order valence-electron chi connectivity index (χ3n) is 3.06. The van der Waals surface area contributed by atoms with Crippen LogP contribution in [0.25, 0.3) is 0 Å². The topological polar surface area (TPSA) is 62.7 Å². The number of pyridine rings is 1. The van der Waals surface area contributed by atoms with Crippen molar-refractivity contribution in [2.24, 2.45) is 0 Å². The van der Waals surface area contributed by atoms with Crippen LogP contribution >= 0.6 is 0 Å². The van der Waals surface area contributed by atoms with Crippen LogP contribution in [0.5, 0.6) is 0 Å². The minimum Gasteiger partial charge on any atom is -0.366 e. The number of fused-ring (bicyclic) bond motifs is 1. The van der Waals surface area contributed by atoms with Gasteiger partial charge in [-0.25, -0.2) is 9.97 Å². The summed E-state index contributed by atoms with van der Waals surface area (Å²) in [6, 6.07) is 3.99. The molecule has 92 valence electrons. The van der Waals surface area contributed by atoms with Gasteiger partial charge >= 0.3 is 0 Å². The molecule has 5 nitrogen and oxygen atoms in total. The van der Waals surface area contributed by atoms with Crippen molar-refractivity contribution in [3.05, 3.63) is 47.7 Å². The first-order valence-corrected chi connectivity index (χ1v) is 6.10. The predicted molar refractivity (Wildman–Crippen MR) is 69.0 cm³/mol. The van der Waals surface area contributed by atoms with E-state index >= 15 is 0 Å². The molecule has 3 heterocycles. The number of rotatable bonds is 3. The van der Waals surface area contributed by atoms with Crippen molar-refractivity contribution >= 4 is 5.82 Å². The predicted octanol–water partition coefficient (Wildman–Crippen LogP) is 1.13. The maximum Gasteiger partial charge on any atom is 0.134 e. The van der Waals surface area contributed by atoms with Crippen LogP contribution in [-0.4, -0.2) is 21.5 Å². The zero-order valence-electron chi connectivity index (χ0n) is 10.1. The van der Waals surface area contributed by atoms with E-state index in [1.54, 1.807) is 12.5 Å². The van der Waals surface area contributed by atoms with Gasteiger partial charge in [0.1, 0.15) is 12.1 Å². The zero-order valence-corrected chi connectivity index (χ0v) is 10.1. The van der Waals surface area contributed by atoms with Crippen molar-refractivity contribution in [3.63, 3.8) is 0 Å². The summed E-state index contributed by atoms with van der Waals surface area (Å²) >= 11 is 0. The highest BCUT2D eigenvalue weighted by atomic mass is 15.0. The normalized spacial score (nSPS) is 14.0. The highest BCUT2D eigenvalue weighted by Crippen LogP contribution is 2.18. The summed E-state index contributed by atoms with van der Waals surface area (Å²) in [6.07, 6.45) is 6.24. The fourth-order valence-electron chi connectivity index (χ4n) is 2.11. The molecule has 5 heteroatoms. The Morgan fingerprint density at radius 3 is 3.22 bits per heavy atom. The summed E-state index contributed by atoms with van der Waals surface area (Å²) in [6.45, 7) is 2.56. The quantitative estimate of drug-likeness (QED) is 0.843. The molecule has 0 radical (unpaired) electrons. The summed E-state index contributed by atoms with van der Waals surface area (Å²) in [5, 5.41) is 6.71. The van der Waals surface area contributed by atoms with Crippen LogP contribution in [-0.2, 0) is 19.5 Å². The molecule has 0 spiro atoms. The van der Waals surface area contributed by atoms with Gasteiger partial charge in [0, 0.05) is 44.0 Å². The molecule has 0 unspecified atom stereocenters. The standard InChI is InChI=1S/C13H15N5/c1-2-10(6-14-4-1)7-16-13-11-8-15-5-3-12(11)17-9-18-13/h1-2,4,6,9,15H,3,5,7-8H2,(H,16,17,18). The van der Waals surface area contributed by atoms with Crippen LogP contribution in [0, 0.1) is 0 Å². The van der Waals surface area contributed by atoms with E-state index in [-0.39, 0.29) is 0 Å². The highest BCUT2D eigenvalue weighted by Gasteiger charge is 2.14. The number of hydrogen-bond acceptors (Lipinski definition) is 5. The van der Waals surface area contributed by atoms with Gasteiger partial charge in [-0.3, -0.25) is 4.98 Å². The number of nitrogens with zero attached hydrogens (tertiary/aromatic N) is 3. The van der Waals surface area contributed by atoms with Crippen molar-refractivity contribution in [3.8, 4) is 0 Å². The smallest absolute Gasteiger partial charge is 0.134 e. The van der Waals surface area contributed by atoms with Crippen molar-refractivity contribution in [1.29, 1.82) is 0 Å². The zero-order chi connectivity index (χ0) is 12.2. The molecule has 0 saturated carbocycles. The lowest BCUT2D eigenvalue weighted by atomic mass is 10.1. The monoisotopic (exact) mass is 241 g/mol. The Balaban J connectivity index is 1.77. The molecule has 2 aromatic rings. The van der Waals surface area contributed by atoms with Gasteiger partial charge in [-0.05, 0) is 11.6 Å². The molecule has 1 aliphatic rings. The van der Waals surface area contributed by atoms with Crippen LogP contribution in [0.15, 0.2) is 30.9 Å². The Morgan fingerprint density at radius 2 is 2.33 bits per heavy atom. The second kappa shape index (κ2) is 5.10. The minimum absolute atomic E-state index is 0.733. The lowest BCUT2D eigenvalue weighted by molar-refractivity contribution is 0.627. The minimum atomic E-state index is 0.733. The molecular formula is C13H15N5. The second-order valence-electron chi connectivity index (χ2n) is 4.29. The van der Waals surface area contributed by atoms with Gasteiger partial charge in [0.05, 0.1) is 5.69 Å². The maximum absolute atomic E-state index is 4.33. The van der Waals surface area contributed by atoms with Crippen molar-refractivity contribution in [2.45, 2.75) is 19.5 Å². The average Bonchev–Trinajstić information content (AvgIpc) is 2.46. The van der Waals surface area contributed by atoms with Crippen molar-refractivity contribution in [1.82, 2.24) is 20.3 Å². The molecule has 0 aliphatic carbocycles. The van der Waals surface area contributed by atoms with Gasteiger partial charge < -0.3 is 10.6 Å². The summed E-state index contributed by atoms with van der Waals surface area (Å²) in [4.78, 5) is 12.8. The summed E-state index contributed by atoms with van der Waals surface area (Å²) in [5.74, 6) is 0.927. The average molecular weight is 241 g/mol. The van der Waals surface area contributed by atoms with E-state index in [2.05, 4.69) is 25.6 Å². The van der Waals surface area contributed by atoms with E-state index in [1.807, 2.05) is 18.3 Å². The Morgan fingerprint density at radius 1 is 1.33 bits per heavy atom. The highest BCUT2D eigenvalue weighted by molar-refractivity contribution is 5.47. The fraction of sp³-hybridized carbons (Fsp3) is 0.308. The van der Waals surface area contributed by atoms with E-state index in [4.69, 9.17) is 0 Å². The summed E-state index contributed by atoms with van der Waals surface area (Å²) in [5.41, 5.74) is 3.48. The number of hydrogen-bond donors (Lipinski definition) is 2. The molecule has 0 atom stereocenters. The van der Waals surface area contributed by atoms with Gasteiger partial charge in [-0.15, -0.1) is 0 Å². The number of anilines is 1. The Hall–Kier alpha value is -2.01. The Bertz CT molecular complexity index is 526. The molecule has 0 fully saturated rings. The van der Waals surface area contributed by atoms with E-state index in [0.717, 1.165) is 43.1 Å². The van der Waals surface area contributed by atoms with E-state index in [9.17, 15) is 0 Å². The van der Waals surface area contributed by atoms with Crippen LogP contribution in [0.1, 0.15) is 16.8 Å². The Kier molecular flexibility index (Phi) is 3.14. The largest absolute Gasteiger partial charge is 0.366 e. The molecule has 2 aromatic heterocycles. The SMILES string of the molecule is c1cncc(CNc2ncnc3c2CNCC3)c1. The first kappa shape index (κ1) is 11.1. The second-order valence-corrected chi connectivity index (χ2v) is 4.29. The molecule has 0 saturated heterocycles. The van der Waals surface area contributed by atoms with E-state index in [0.29, 0.717) is 0 Å². The summed E-state index contributed by atoms with van der Waals surface area (Å²) < 4.78 is 0. The first-order chi connectivity index (χ1) is 8.93. The number of aromatic nitrogens is 3. The molecular weight excluding hydrogens is 226 g/mol. The van der Waals surface area contributed by atoms with Gasteiger partial charge in [0.25, 0.3) is 0 Å². The lowest BCUT2D eigenvalue weighted by Gasteiger charge is -2.19. The maximum atomic E-state index is 4.33. The Labute approximate surface area is 106 Å². The number of nitrogens with one attached hydrogen (secondary N) is 2. The van der Waals surface area contributed by atoms with Gasteiger partial charge in [0.15, 0.2) is 0 Å². The molecule has 1 aliphatic heterocycles. The lowest BCUT2D eigenvalue weighted by Crippen LogP contribution is -2.26. The van der Waals surface area contributed by atoms with E-state index < -0.39 is 0 Å². The van der Waals surface area contributed by atoms with Crippen LogP contribution in [0.2, 0.25) is 0 Å². The molecule has 2 N–H and O–H groups in total.